The normalized spacial score (nSPS) is 16.6. The van der Waals surface area contributed by atoms with Crippen LogP contribution in [0.3, 0.4) is 0 Å². The Morgan fingerprint density at radius 2 is 2.04 bits per heavy atom. The highest BCUT2D eigenvalue weighted by atomic mass is 35.5. The maximum Gasteiger partial charge on any atom is 0.417 e. The van der Waals surface area contributed by atoms with E-state index in [9.17, 15) is 18.0 Å². The third-order valence-corrected chi connectivity index (χ3v) is 4.73. The van der Waals surface area contributed by atoms with Crippen molar-refractivity contribution in [2.24, 2.45) is 5.92 Å². The fourth-order valence-corrected chi connectivity index (χ4v) is 3.28. The summed E-state index contributed by atoms with van der Waals surface area (Å²) in [6, 6.07) is 1.10. The van der Waals surface area contributed by atoms with E-state index in [0.717, 1.165) is 18.8 Å². The molecule has 1 aliphatic rings. The summed E-state index contributed by atoms with van der Waals surface area (Å²) in [6.07, 6.45) is -2.45. The number of rotatable bonds is 6. The van der Waals surface area contributed by atoms with Crippen LogP contribution in [0.5, 0.6) is 0 Å². The monoisotopic (exact) mass is 428 g/mol. The molecule has 5 nitrogen and oxygen atoms in total. The van der Waals surface area contributed by atoms with Crippen LogP contribution in [0.15, 0.2) is 12.3 Å². The first-order valence-corrected chi connectivity index (χ1v) is 9.09. The Balaban J connectivity index is 0.00000364. The number of nitrogens with zero attached hydrogens (tertiary/aromatic N) is 2. The van der Waals surface area contributed by atoms with Gasteiger partial charge in [-0.05, 0) is 32.4 Å². The second-order valence-electron chi connectivity index (χ2n) is 6.49. The minimum atomic E-state index is -4.47. The van der Waals surface area contributed by atoms with Crippen molar-refractivity contribution in [3.05, 3.63) is 22.8 Å². The topological polar surface area (TPSA) is 57.3 Å². The Morgan fingerprint density at radius 3 is 2.56 bits per heavy atom. The largest absolute Gasteiger partial charge is 0.417 e. The lowest BCUT2D eigenvalue weighted by Gasteiger charge is -2.33. The number of nitrogens with one attached hydrogen (secondary N) is 2. The molecule has 0 spiro atoms. The molecule has 1 aliphatic heterocycles. The lowest BCUT2D eigenvalue weighted by Crippen LogP contribution is -2.44. The first kappa shape index (κ1) is 23.8. The highest BCUT2D eigenvalue weighted by molar-refractivity contribution is 6.33. The van der Waals surface area contributed by atoms with Crippen molar-refractivity contribution in [1.29, 1.82) is 0 Å². The number of aromatic nitrogens is 1. The first-order chi connectivity index (χ1) is 12.2. The van der Waals surface area contributed by atoms with Crippen molar-refractivity contribution in [3.63, 3.8) is 0 Å². The van der Waals surface area contributed by atoms with E-state index < -0.39 is 11.7 Å². The van der Waals surface area contributed by atoms with Gasteiger partial charge in [0.15, 0.2) is 0 Å². The highest BCUT2D eigenvalue weighted by Crippen LogP contribution is 2.34. The minimum Gasteiger partial charge on any atom is -0.355 e. The highest BCUT2D eigenvalue weighted by Gasteiger charge is 2.33. The van der Waals surface area contributed by atoms with Gasteiger partial charge in [0.05, 0.1) is 10.6 Å². The van der Waals surface area contributed by atoms with Gasteiger partial charge in [-0.25, -0.2) is 4.98 Å². The van der Waals surface area contributed by atoms with Gasteiger partial charge >= 0.3 is 6.18 Å². The van der Waals surface area contributed by atoms with E-state index in [1.807, 2.05) is 18.7 Å². The lowest BCUT2D eigenvalue weighted by atomic mass is 9.96. The van der Waals surface area contributed by atoms with Gasteiger partial charge in [-0.1, -0.05) is 18.5 Å². The van der Waals surface area contributed by atoms with Gasteiger partial charge in [-0.3, -0.25) is 4.79 Å². The molecule has 1 atom stereocenters. The number of carbonyl (C=O) groups is 1. The molecule has 0 aromatic carbocycles. The number of carbonyl (C=O) groups excluding carboxylic acids is 1. The second-order valence-corrected chi connectivity index (χ2v) is 6.90. The number of pyridine rings is 1. The first-order valence-electron chi connectivity index (χ1n) is 8.71. The van der Waals surface area contributed by atoms with Crippen LogP contribution in [0.4, 0.5) is 19.0 Å². The van der Waals surface area contributed by atoms with Gasteiger partial charge in [0.1, 0.15) is 5.82 Å². The summed E-state index contributed by atoms with van der Waals surface area (Å²) in [4.78, 5) is 18.0. The maximum absolute atomic E-state index is 12.7. The number of likely N-dealkylation sites (N-methyl/N-ethyl adjacent to an activating group) is 1. The van der Waals surface area contributed by atoms with Crippen LogP contribution in [0, 0.1) is 5.92 Å². The Morgan fingerprint density at radius 1 is 1.41 bits per heavy atom. The van der Waals surface area contributed by atoms with Gasteiger partial charge in [-0.15, -0.1) is 12.4 Å². The van der Waals surface area contributed by atoms with Crippen molar-refractivity contribution in [2.45, 2.75) is 38.9 Å². The van der Waals surface area contributed by atoms with Crippen molar-refractivity contribution in [1.82, 2.24) is 15.6 Å². The van der Waals surface area contributed by atoms with E-state index in [1.165, 1.54) is 0 Å². The average Bonchev–Trinajstić information content (AvgIpc) is 2.59. The SMILES string of the molecule is CCN[C@H](C)CNC(=O)C1CCN(c2ncc(C(F)(F)F)cc2Cl)CC1.Cl. The van der Waals surface area contributed by atoms with Crippen molar-refractivity contribution < 1.29 is 18.0 Å². The lowest BCUT2D eigenvalue weighted by molar-refractivity contribution is -0.137. The van der Waals surface area contributed by atoms with Crippen molar-refractivity contribution in [2.75, 3.05) is 31.1 Å². The molecule has 1 fully saturated rings. The van der Waals surface area contributed by atoms with E-state index in [2.05, 4.69) is 15.6 Å². The summed E-state index contributed by atoms with van der Waals surface area (Å²) in [5.74, 6) is 0.244. The Labute approximate surface area is 168 Å². The summed E-state index contributed by atoms with van der Waals surface area (Å²) in [7, 11) is 0. The molecular formula is C17H25Cl2F3N4O. The molecule has 1 saturated heterocycles. The molecule has 0 saturated carbocycles. The van der Waals surface area contributed by atoms with Crippen LogP contribution in [0.25, 0.3) is 0 Å². The van der Waals surface area contributed by atoms with E-state index in [1.54, 1.807) is 0 Å². The molecule has 27 heavy (non-hydrogen) atoms. The predicted octanol–water partition coefficient (Wildman–Crippen LogP) is 3.51. The summed E-state index contributed by atoms with van der Waals surface area (Å²) < 4.78 is 38.1. The van der Waals surface area contributed by atoms with Crippen LogP contribution < -0.4 is 15.5 Å². The summed E-state index contributed by atoms with van der Waals surface area (Å²) in [6.45, 7) is 6.48. The fraction of sp³-hybridized carbons (Fsp3) is 0.647. The van der Waals surface area contributed by atoms with Gasteiger partial charge in [0, 0.05) is 37.8 Å². The second kappa shape index (κ2) is 10.3. The number of halogens is 5. The molecule has 2 N–H and O–H groups in total. The number of piperidine rings is 1. The van der Waals surface area contributed by atoms with Crippen LogP contribution >= 0.6 is 24.0 Å². The molecule has 0 unspecified atom stereocenters. The molecule has 2 heterocycles. The zero-order valence-corrected chi connectivity index (χ0v) is 16.8. The third kappa shape index (κ3) is 6.69. The summed E-state index contributed by atoms with van der Waals surface area (Å²) in [5, 5.41) is 6.14. The zero-order valence-electron chi connectivity index (χ0n) is 15.3. The van der Waals surface area contributed by atoms with Crippen molar-refractivity contribution >= 4 is 35.7 Å². The number of hydrogen-bond donors (Lipinski definition) is 2. The van der Waals surface area contributed by atoms with Crippen LogP contribution in [-0.4, -0.2) is 43.1 Å². The molecule has 1 aromatic rings. The summed E-state index contributed by atoms with van der Waals surface area (Å²) in [5.41, 5.74) is -0.865. The third-order valence-electron chi connectivity index (χ3n) is 4.45. The van der Waals surface area contributed by atoms with Gasteiger partial charge in [-0.2, -0.15) is 13.2 Å². The van der Waals surface area contributed by atoms with Gasteiger partial charge in [0.25, 0.3) is 0 Å². The van der Waals surface area contributed by atoms with E-state index >= 15 is 0 Å². The molecule has 1 aromatic heterocycles. The van der Waals surface area contributed by atoms with E-state index in [-0.39, 0.29) is 35.3 Å². The maximum atomic E-state index is 12.7. The Kier molecular flexibility index (Phi) is 9.11. The Bertz CT molecular complexity index is 623. The number of hydrogen-bond acceptors (Lipinski definition) is 4. The smallest absolute Gasteiger partial charge is 0.355 e. The quantitative estimate of drug-likeness (QED) is 0.727. The molecule has 0 bridgehead atoms. The Hall–Kier alpha value is -1.25. The van der Waals surface area contributed by atoms with Crippen LogP contribution in [0.1, 0.15) is 32.3 Å². The molecular weight excluding hydrogens is 404 g/mol. The van der Waals surface area contributed by atoms with E-state index in [0.29, 0.717) is 38.3 Å². The molecule has 10 heteroatoms. The number of anilines is 1. The molecule has 154 valence electrons. The standard InChI is InChI=1S/C17H24ClF3N4O.ClH/c1-3-22-11(2)9-24-16(26)12-4-6-25(7-5-12)15-14(18)8-13(10-23-15)17(19,20)21;/h8,10-12,22H,3-7,9H2,1-2H3,(H,24,26);1H/t11-;/m1./s1. The van der Waals surface area contributed by atoms with Gasteiger partial charge in [0.2, 0.25) is 5.91 Å². The van der Waals surface area contributed by atoms with E-state index in [4.69, 9.17) is 11.6 Å². The van der Waals surface area contributed by atoms with Crippen molar-refractivity contribution in [3.8, 4) is 0 Å². The average molecular weight is 429 g/mol. The van der Waals surface area contributed by atoms with Crippen LogP contribution in [-0.2, 0) is 11.0 Å². The zero-order chi connectivity index (χ0) is 19.3. The summed E-state index contributed by atoms with van der Waals surface area (Å²) >= 11 is 5.99. The minimum absolute atomic E-state index is 0. The van der Waals surface area contributed by atoms with Crippen LogP contribution in [0.2, 0.25) is 5.02 Å². The molecule has 0 radical (unpaired) electrons. The van der Waals surface area contributed by atoms with Gasteiger partial charge < -0.3 is 15.5 Å². The number of alkyl halides is 3. The molecule has 1 amide bonds. The fourth-order valence-electron chi connectivity index (χ4n) is 2.99. The number of amides is 1. The molecule has 2 rings (SSSR count). The predicted molar refractivity (Wildman–Crippen MR) is 103 cm³/mol. The molecule has 0 aliphatic carbocycles.